The maximum Gasteiger partial charge on any atom is 0.407 e. The molecule has 0 aliphatic carbocycles. The molecule has 7 nitrogen and oxygen atoms in total. The van der Waals surface area contributed by atoms with Gasteiger partial charge >= 0.3 is 12.1 Å². The molecule has 0 saturated heterocycles. The number of rotatable bonds is 10. The van der Waals surface area contributed by atoms with E-state index >= 15 is 0 Å². The first-order chi connectivity index (χ1) is 15.8. The molecule has 2 atom stereocenters. The Bertz CT molecular complexity index is 1100. The van der Waals surface area contributed by atoms with E-state index in [0.717, 1.165) is 22.3 Å². The van der Waals surface area contributed by atoms with E-state index in [2.05, 4.69) is 5.32 Å². The van der Waals surface area contributed by atoms with Crippen LogP contribution in [-0.4, -0.2) is 34.5 Å². The van der Waals surface area contributed by atoms with Gasteiger partial charge in [-0.2, -0.15) is 0 Å². The molecule has 172 valence electrons. The predicted molar refractivity (Wildman–Crippen MR) is 126 cm³/mol. The van der Waals surface area contributed by atoms with Gasteiger partial charge in [-0.3, -0.25) is 9.36 Å². The van der Waals surface area contributed by atoms with Crippen molar-refractivity contribution < 1.29 is 28.9 Å². The van der Waals surface area contributed by atoms with Gasteiger partial charge in [0.25, 0.3) is 0 Å². The number of alkyl carbamates (subject to hydrolysis) is 1. The van der Waals surface area contributed by atoms with E-state index in [1.54, 1.807) is 24.3 Å². The lowest BCUT2D eigenvalue weighted by molar-refractivity contribution is -0.141. The SMILES string of the molecule is O=C(NCP(=O)(O)C[C@H](Cc1ccc(-c2ccccc2)cc1)C(=O)O)OCc1ccccc1. The lowest BCUT2D eigenvalue weighted by atomic mass is 9.98. The lowest BCUT2D eigenvalue weighted by Crippen LogP contribution is -2.28. The van der Waals surface area contributed by atoms with E-state index < -0.39 is 37.8 Å². The minimum Gasteiger partial charge on any atom is -0.481 e. The molecule has 0 aliphatic heterocycles. The van der Waals surface area contributed by atoms with Gasteiger partial charge in [0.2, 0.25) is 7.37 Å². The van der Waals surface area contributed by atoms with E-state index in [9.17, 15) is 24.2 Å². The zero-order chi connectivity index (χ0) is 23.7. The van der Waals surface area contributed by atoms with Crippen molar-refractivity contribution >= 4 is 19.4 Å². The highest BCUT2D eigenvalue weighted by Crippen LogP contribution is 2.42. The molecule has 3 rings (SSSR count). The number of aliphatic carboxylic acids is 1. The van der Waals surface area contributed by atoms with Crippen molar-refractivity contribution in [3.8, 4) is 11.1 Å². The summed E-state index contributed by atoms with van der Waals surface area (Å²) in [6, 6.07) is 26.2. The Morgan fingerprint density at radius 3 is 2.03 bits per heavy atom. The van der Waals surface area contributed by atoms with Gasteiger partial charge in [0, 0.05) is 6.16 Å². The van der Waals surface area contributed by atoms with Gasteiger partial charge in [0.1, 0.15) is 6.61 Å². The summed E-state index contributed by atoms with van der Waals surface area (Å²) in [6.45, 7) is 0.0269. The first-order valence-corrected chi connectivity index (χ1v) is 12.5. The first-order valence-electron chi connectivity index (χ1n) is 10.4. The standard InChI is InChI=1S/C25H26NO6P/c27-24(28)23(15-19-11-13-22(14-12-19)21-9-5-2-6-10-21)17-33(30,31)18-26-25(29)32-16-20-7-3-1-4-8-20/h1-14,23H,15-18H2,(H,26,29)(H,27,28)(H,30,31)/t23-/m0/s1. The highest BCUT2D eigenvalue weighted by atomic mass is 31.2. The second-order valence-corrected chi connectivity index (χ2v) is 10.1. The van der Waals surface area contributed by atoms with Gasteiger partial charge < -0.3 is 20.1 Å². The van der Waals surface area contributed by atoms with Crippen molar-refractivity contribution in [2.75, 3.05) is 12.4 Å². The van der Waals surface area contributed by atoms with Gasteiger partial charge in [-0.1, -0.05) is 84.9 Å². The monoisotopic (exact) mass is 467 g/mol. The number of ether oxygens (including phenoxy) is 1. The molecule has 1 unspecified atom stereocenters. The van der Waals surface area contributed by atoms with Gasteiger partial charge in [0.15, 0.2) is 0 Å². The second-order valence-electron chi connectivity index (χ2n) is 7.73. The summed E-state index contributed by atoms with van der Waals surface area (Å²) in [6.07, 6.45) is -1.75. The highest BCUT2D eigenvalue weighted by Gasteiger charge is 2.29. The van der Waals surface area contributed by atoms with Gasteiger partial charge in [-0.15, -0.1) is 0 Å². The molecule has 0 spiro atoms. The number of amides is 1. The van der Waals surface area contributed by atoms with Crippen LogP contribution >= 0.6 is 7.37 Å². The maximum absolute atomic E-state index is 12.6. The fraction of sp³-hybridized carbons (Fsp3) is 0.200. The van der Waals surface area contributed by atoms with Crippen LogP contribution in [0.4, 0.5) is 4.79 Å². The van der Waals surface area contributed by atoms with Gasteiger partial charge in [-0.25, -0.2) is 4.79 Å². The number of carboxylic acids is 1. The number of carbonyl (C=O) groups excluding carboxylic acids is 1. The summed E-state index contributed by atoms with van der Waals surface area (Å²) in [7, 11) is -3.94. The Labute approximate surface area is 192 Å². The van der Waals surface area contributed by atoms with Crippen molar-refractivity contribution in [2.24, 2.45) is 5.92 Å². The molecule has 1 amide bonds. The van der Waals surface area contributed by atoms with Crippen LogP contribution in [0.1, 0.15) is 11.1 Å². The molecule has 33 heavy (non-hydrogen) atoms. The van der Waals surface area contributed by atoms with Crippen LogP contribution < -0.4 is 5.32 Å². The minimum atomic E-state index is -3.94. The van der Waals surface area contributed by atoms with Crippen LogP contribution in [0.15, 0.2) is 84.9 Å². The summed E-state index contributed by atoms with van der Waals surface area (Å²) < 4.78 is 17.6. The number of carbonyl (C=O) groups is 2. The molecule has 0 aromatic heterocycles. The first kappa shape index (κ1) is 24.2. The molecule has 0 aliphatic rings. The molecule has 0 saturated carbocycles. The zero-order valence-electron chi connectivity index (χ0n) is 18.0. The molecular formula is C25H26NO6P. The van der Waals surface area contributed by atoms with Crippen LogP contribution in [0.5, 0.6) is 0 Å². The number of carboxylic acid groups (broad SMARTS) is 1. The molecule has 0 heterocycles. The summed E-state index contributed by atoms with van der Waals surface area (Å²) in [4.78, 5) is 33.8. The van der Waals surface area contributed by atoms with Crippen molar-refractivity contribution in [3.63, 3.8) is 0 Å². The third kappa shape index (κ3) is 7.90. The molecule has 8 heteroatoms. The smallest absolute Gasteiger partial charge is 0.407 e. The van der Waals surface area contributed by atoms with Crippen molar-refractivity contribution in [1.29, 1.82) is 0 Å². The quantitative estimate of drug-likeness (QED) is 0.371. The third-order valence-corrected chi connectivity index (χ3v) is 6.74. The maximum atomic E-state index is 12.6. The largest absolute Gasteiger partial charge is 0.481 e. The number of hydrogen-bond acceptors (Lipinski definition) is 4. The van der Waals surface area contributed by atoms with Gasteiger partial charge in [0.05, 0.1) is 12.2 Å². The van der Waals surface area contributed by atoms with Crippen molar-refractivity contribution in [3.05, 3.63) is 96.1 Å². The predicted octanol–water partition coefficient (Wildman–Crippen LogP) is 4.75. The molecule has 0 bridgehead atoms. The summed E-state index contributed by atoms with van der Waals surface area (Å²) in [5, 5.41) is 11.8. The molecule has 0 fully saturated rings. The van der Waals surface area contributed by atoms with E-state index in [4.69, 9.17) is 4.74 Å². The number of nitrogens with one attached hydrogen (secondary N) is 1. The van der Waals surface area contributed by atoms with Crippen LogP contribution in [0, 0.1) is 5.92 Å². The third-order valence-electron chi connectivity index (χ3n) is 5.08. The molecule has 3 N–H and O–H groups in total. The number of benzene rings is 3. The second kappa shape index (κ2) is 11.5. The van der Waals surface area contributed by atoms with Crippen LogP contribution in [0.25, 0.3) is 11.1 Å². The van der Waals surface area contributed by atoms with E-state index in [0.29, 0.717) is 0 Å². The van der Waals surface area contributed by atoms with E-state index in [1.165, 1.54) is 0 Å². The average molecular weight is 467 g/mol. The zero-order valence-corrected chi connectivity index (χ0v) is 18.9. The van der Waals surface area contributed by atoms with E-state index in [-0.39, 0.29) is 13.0 Å². The summed E-state index contributed by atoms with van der Waals surface area (Å²) in [5.74, 6) is -2.23. The van der Waals surface area contributed by atoms with Crippen LogP contribution in [0.2, 0.25) is 0 Å². The molecule has 3 aromatic rings. The van der Waals surface area contributed by atoms with Crippen LogP contribution in [0.3, 0.4) is 0 Å². The Morgan fingerprint density at radius 1 is 0.848 bits per heavy atom. The van der Waals surface area contributed by atoms with Gasteiger partial charge in [-0.05, 0) is 28.7 Å². The fourth-order valence-corrected chi connectivity index (χ4v) is 4.83. The molecule has 0 radical (unpaired) electrons. The molecular weight excluding hydrogens is 441 g/mol. The topological polar surface area (TPSA) is 113 Å². The number of hydrogen-bond donors (Lipinski definition) is 3. The van der Waals surface area contributed by atoms with E-state index in [1.807, 2.05) is 60.7 Å². The van der Waals surface area contributed by atoms with Crippen molar-refractivity contribution in [1.82, 2.24) is 5.32 Å². The van der Waals surface area contributed by atoms with Crippen molar-refractivity contribution in [2.45, 2.75) is 13.0 Å². The summed E-state index contributed by atoms with van der Waals surface area (Å²) >= 11 is 0. The Balaban J connectivity index is 1.53. The lowest BCUT2D eigenvalue weighted by Gasteiger charge is -2.18. The average Bonchev–Trinajstić information content (AvgIpc) is 2.82. The Kier molecular flexibility index (Phi) is 8.41. The fourth-order valence-electron chi connectivity index (χ4n) is 3.35. The molecule has 3 aromatic carbocycles. The minimum absolute atomic E-state index is 0.0269. The summed E-state index contributed by atoms with van der Waals surface area (Å²) in [5.41, 5.74) is 3.57. The van der Waals surface area contributed by atoms with Crippen LogP contribution in [-0.2, 0) is 27.1 Å². The Morgan fingerprint density at radius 2 is 1.42 bits per heavy atom. The normalized spacial score (nSPS) is 13.5. The highest BCUT2D eigenvalue weighted by molar-refractivity contribution is 7.58. The Hall–Kier alpha value is -3.41.